The van der Waals surface area contributed by atoms with E-state index in [1.54, 1.807) is 18.2 Å². The maximum atomic E-state index is 13.6. The Morgan fingerprint density at radius 1 is 1.06 bits per heavy atom. The van der Waals surface area contributed by atoms with E-state index in [9.17, 15) is 18.0 Å². The molecule has 9 heteroatoms. The highest BCUT2D eigenvalue weighted by molar-refractivity contribution is 6.30. The zero-order chi connectivity index (χ0) is 25.3. The lowest BCUT2D eigenvalue weighted by molar-refractivity contribution is -0.137. The maximum Gasteiger partial charge on any atom is 0.417 e. The van der Waals surface area contributed by atoms with Crippen molar-refractivity contribution in [2.24, 2.45) is 0 Å². The minimum absolute atomic E-state index is 0.0101. The average Bonchev–Trinajstić information content (AvgIpc) is 3.49. The number of likely N-dealkylation sites (tertiary alicyclic amines) is 1. The monoisotopic (exact) mass is 512 g/mol. The molecule has 3 aromatic carbocycles. The van der Waals surface area contributed by atoms with Gasteiger partial charge in [-0.15, -0.1) is 0 Å². The van der Waals surface area contributed by atoms with Crippen LogP contribution in [-0.4, -0.2) is 33.9 Å². The molecule has 1 aliphatic rings. The van der Waals surface area contributed by atoms with Gasteiger partial charge >= 0.3 is 6.18 Å². The summed E-state index contributed by atoms with van der Waals surface area (Å²) >= 11 is 5.81. The maximum absolute atomic E-state index is 13.6. The number of hydrogen-bond donors (Lipinski definition) is 2. The van der Waals surface area contributed by atoms with Crippen molar-refractivity contribution in [1.29, 1.82) is 0 Å². The highest BCUT2D eigenvalue weighted by Crippen LogP contribution is 2.38. The molecule has 0 aliphatic carbocycles. The summed E-state index contributed by atoms with van der Waals surface area (Å²) < 4.78 is 40.8. The van der Waals surface area contributed by atoms with Crippen LogP contribution in [0.25, 0.3) is 22.4 Å². The minimum atomic E-state index is -4.59. The molecule has 0 bridgehead atoms. The van der Waals surface area contributed by atoms with Gasteiger partial charge in [-0.3, -0.25) is 9.69 Å². The topological polar surface area (TPSA) is 61.0 Å². The number of aromatic amines is 1. The van der Waals surface area contributed by atoms with Gasteiger partial charge in [-0.05, 0) is 73.5 Å². The molecule has 1 saturated heterocycles. The molecule has 186 valence electrons. The number of anilines is 1. The molecule has 2 N–H and O–H groups in total. The molecule has 5 nitrogen and oxygen atoms in total. The Hall–Kier alpha value is -3.36. The number of imidazole rings is 1. The minimum Gasteiger partial charge on any atom is -0.338 e. The van der Waals surface area contributed by atoms with Gasteiger partial charge in [-0.25, -0.2) is 4.98 Å². The second-order valence-electron chi connectivity index (χ2n) is 8.99. The summed E-state index contributed by atoms with van der Waals surface area (Å²) in [4.78, 5) is 22.6. The van der Waals surface area contributed by atoms with Gasteiger partial charge in [-0.1, -0.05) is 35.9 Å². The van der Waals surface area contributed by atoms with Gasteiger partial charge in [0.25, 0.3) is 0 Å². The fourth-order valence-electron chi connectivity index (χ4n) is 4.64. The van der Waals surface area contributed by atoms with Crippen molar-refractivity contribution in [2.75, 3.05) is 18.4 Å². The van der Waals surface area contributed by atoms with E-state index in [1.165, 1.54) is 25.0 Å². The van der Waals surface area contributed by atoms with Gasteiger partial charge in [0.2, 0.25) is 5.91 Å². The SMILES string of the molecule is O=C(Cc1cccc2[nH]c(-c3ccc(Cl)cc3C(F)(F)F)nc12)Nc1cccc(CN2CCCC2)c1. The summed E-state index contributed by atoms with van der Waals surface area (Å²) in [6.07, 6.45) is -2.13. The van der Waals surface area contributed by atoms with Crippen LogP contribution in [0.15, 0.2) is 60.7 Å². The number of halogens is 4. The van der Waals surface area contributed by atoms with E-state index in [-0.39, 0.29) is 28.7 Å². The molecule has 4 aromatic rings. The molecule has 2 heterocycles. The number of fused-ring (bicyclic) bond motifs is 1. The van der Waals surface area contributed by atoms with E-state index in [0.717, 1.165) is 31.3 Å². The van der Waals surface area contributed by atoms with Gasteiger partial charge < -0.3 is 10.3 Å². The second kappa shape index (κ2) is 9.95. The Labute approximate surface area is 211 Å². The van der Waals surface area contributed by atoms with Crippen molar-refractivity contribution >= 4 is 34.2 Å². The predicted molar refractivity (Wildman–Crippen MR) is 135 cm³/mol. The number of H-pyrrole nitrogens is 1. The first-order chi connectivity index (χ1) is 17.3. The van der Waals surface area contributed by atoms with E-state index in [0.29, 0.717) is 22.3 Å². The zero-order valence-corrected chi connectivity index (χ0v) is 20.1. The van der Waals surface area contributed by atoms with Crippen LogP contribution < -0.4 is 5.32 Å². The molecular weight excluding hydrogens is 489 g/mol. The smallest absolute Gasteiger partial charge is 0.338 e. The second-order valence-corrected chi connectivity index (χ2v) is 9.43. The van der Waals surface area contributed by atoms with Gasteiger partial charge in [0.05, 0.1) is 23.0 Å². The lowest BCUT2D eigenvalue weighted by Crippen LogP contribution is -2.19. The first-order valence-corrected chi connectivity index (χ1v) is 12.1. The fraction of sp³-hybridized carbons (Fsp3) is 0.259. The zero-order valence-electron chi connectivity index (χ0n) is 19.3. The molecular formula is C27H24ClF3N4O. The van der Waals surface area contributed by atoms with Crippen LogP contribution in [-0.2, 0) is 23.9 Å². The highest BCUT2D eigenvalue weighted by atomic mass is 35.5. The summed E-state index contributed by atoms with van der Waals surface area (Å²) in [6.45, 7) is 3.03. The summed E-state index contributed by atoms with van der Waals surface area (Å²) in [5, 5.41) is 2.93. The molecule has 36 heavy (non-hydrogen) atoms. The largest absolute Gasteiger partial charge is 0.417 e. The molecule has 0 atom stereocenters. The fourth-order valence-corrected chi connectivity index (χ4v) is 4.82. The van der Waals surface area contributed by atoms with Crippen LogP contribution in [0.3, 0.4) is 0 Å². The average molecular weight is 513 g/mol. The highest BCUT2D eigenvalue weighted by Gasteiger charge is 2.34. The van der Waals surface area contributed by atoms with Gasteiger partial charge in [-0.2, -0.15) is 13.2 Å². The number of para-hydroxylation sites is 1. The van der Waals surface area contributed by atoms with Gasteiger partial charge in [0.1, 0.15) is 5.82 Å². The van der Waals surface area contributed by atoms with Gasteiger partial charge in [0, 0.05) is 22.8 Å². The standard InChI is InChI=1S/C27H24ClF3N4O/c28-19-9-10-21(22(15-19)27(29,30)31)26-33-23-8-4-6-18(25(23)34-26)14-24(36)32-20-7-3-5-17(13-20)16-35-11-1-2-12-35/h3-10,13,15H,1-2,11-12,14,16H2,(H,32,36)(H,33,34). The van der Waals surface area contributed by atoms with Crippen molar-refractivity contribution in [3.63, 3.8) is 0 Å². The number of hydrogen-bond acceptors (Lipinski definition) is 3. The third-order valence-corrected chi connectivity index (χ3v) is 6.54. The molecule has 0 unspecified atom stereocenters. The van der Waals surface area contributed by atoms with E-state index in [4.69, 9.17) is 11.6 Å². The van der Waals surface area contributed by atoms with Crippen LogP contribution in [0.4, 0.5) is 18.9 Å². The lowest BCUT2D eigenvalue weighted by Gasteiger charge is -2.15. The molecule has 1 aromatic heterocycles. The van der Waals surface area contributed by atoms with Crippen molar-refractivity contribution < 1.29 is 18.0 Å². The lowest BCUT2D eigenvalue weighted by atomic mass is 10.1. The van der Waals surface area contributed by atoms with Crippen molar-refractivity contribution in [2.45, 2.75) is 32.0 Å². The Bertz CT molecular complexity index is 1410. The molecule has 0 spiro atoms. The van der Waals surface area contributed by atoms with Crippen LogP contribution in [0.1, 0.15) is 29.5 Å². The number of nitrogens with zero attached hydrogens (tertiary/aromatic N) is 2. The number of carbonyl (C=O) groups excluding carboxylic acids is 1. The van der Waals surface area contributed by atoms with E-state index >= 15 is 0 Å². The van der Waals surface area contributed by atoms with Crippen LogP contribution in [0.5, 0.6) is 0 Å². The third kappa shape index (κ3) is 5.39. The predicted octanol–water partition coefficient (Wildman–Crippen LogP) is 6.68. The number of rotatable bonds is 6. The Morgan fingerprint density at radius 3 is 2.61 bits per heavy atom. The van der Waals surface area contributed by atoms with Crippen molar-refractivity contribution in [1.82, 2.24) is 14.9 Å². The van der Waals surface area contributed by atoms with Gasteiger partial charge in [0.15, 0.2) is 0 Å². The number of benzene rings is 3. The number of carbonyl (C=O) groups is 1. The molecule has 5 rings (SSSR count). The molecule has 1 fully saturated rings. The number of aromatic nitrogens is 2. The third-order valence-electron chi connectivity index (χ3n) is 6.31. The molecule has 1 aliphatic heterocycles. The molecule has 0 saturated carbocycles. The van der Waals surface area contributed by atoms with Crippen LogP contribution in [0.2, 0.25) is 5.02 Å². The Kier molecular flexibility index (Phi) is 6.73. The van der Waals surface area contributed by atoms with Crippen LogP contribution in [0, 0.1) is 0 Å². The van der Waals surface area contributed by atoms with E-state index in [1.807, 2.05) is 24.3 Å². The molecule has 1 amide bonds. The van der Waals surface area contributed by atoms with Crippen molar-refractivity contribution in [3.05, 3.63) is 82.4 Å². The van der Waals surface area contributed by atoms with Crippen molar-refractivity contribution in [3.8, 4) is 11.4 Å². The first-order valence-electron chi connectivity index (χ1n) is 11.7. The first kappa shape index (κ1) is 24.3. The summed E-state index contributed by atoms with van der Waals surface area (Å²) in [5.74, 6) is -0.163. The van der Waals surface area contributed by atoms with E-state index < -0.39 is 11.7 Å². The number of amides is 1. The summed E-state index contributed by atoms with van der Waals surface area (Å²) in [7, 11) is 0. The Balaban J connectivity index is 1.36. The molecule has 0 radical (unpaired) electrons. The Morgan fingerprint density at radius 2 is 1.83 bits per heavy atom. The number of nitrogens with one attached hydrogen (secondary N) is 2. The number of alkyl halides is 3. The summed E-state index contributed by atoms with van der Waals surface area (Å²) in [6, 6.07) is 16.6. The van der Waals surface area contributed by atoms with Crippen LogP contribution >= 0.6 is 11.6 Å². The quantitative estimate of drug-likeness (QED) is 0.303. The summed E-state index contributed by atoms with van der Waals surface area (Å²) in [5.41, 5.74) is 2.48. The van der Waals surface area contributed by atoms with E-state index in [2.05, 4.69) is 20.2 Å². The normalized spacial score (nSPS) is 14.4.